The van der Waals surface area contributed by atoms with Crippen LogP contribution in [-0.2, 0) is 20.9 Å². The van der Waals surface area contributed by atoms with Gasteiger partial charge in [-0.05, 0) is 18.4 Å². The molecule has 1 spiro atoms. The molecule has 1 amide bonds. The van der Waals surface area contributed by atoms with E-state index in [1.54, 1.807) is 0 Å². The molecule has 1 atom stereocenters. The summed E-state index contributed by atoms with van der Waals surface area (Å²) in [7, 11) is 0. The van der Waals surface area contributed by atoms with Crippen molar-refractivity contribution in [2.45, 2.75) is 43.9 Å². The zero-order chi connectivity index (χ0) is 16.3. The third-order valence-corrected chi connectivity index (χ3v) is 4.66. The molecular weight excluding hydrogens is 298 g/mol. The lowest BCUT2D eigenvalue weighted by Gasteiger charge is -2.45. The van der Waals surface area contributed by atoms with Crippen molar-refractivity contribution in [3.05, 3.63) is 35.9 Å². The number of morpholine rings is 1. The Kier molecular flexibility index (Phi) is 4.52. The third kappa shape index (κ3) is 3.17. The van der Waals surface area contributed by atoms with Crippen molar-refractivity contribution in [1.29, 1.82) is 0 Å². The van der Waals surface area contributed by atoms with E-state index in [9.17, 15) is 14.7 Å². The molecule has 124 valence electrons. The Balaban J connectivity index is 1.71. The highest BCUT2D eigenvalue weighted by molar-refractivity contribution is 5.81. The summed E-state index contributed by atoms with van der Waals surface area (Å²) >= 11 is 0. The molecule has 1 saturated carbocycles. The quantitative estimate of drug-likeness (QED) is 0.926. The van der Waals surface area contributed by atoms with E-state index in [1.165, 1.54) is 4.90 Å². The summed E-state index contributed by atoms with van der Waals surface area (Å²) in [4.78, 5) is 25.5. The summed E-state index contributed by atoms with van der Waals surface area (Å²) < 4.78 is 11.1. The molecule has 0 bridgehead atoms. The average Bonchev–Trinajstić information content (AvgIpc) is 3.01. The number of ether oxygens (including phenoxy) is 2. The summed E-state index contributed by atoms with van der Waals surface area (Å²) in [5, 5.41) is 9.64. The summed E-state index contributed by atoms with van der Waals surface area (Å²) in [5.74, 6) is -1.02. The normalized spacial score (nSPS) is 23.0. The van der Waals surface area contributed by atoms with Gasteiger partial charge < -0.3 is 14.6 Å². The second-order valence-corrected chi connectivity index (χ2v) is 6.09. The maximum atomic E-state index is 12.4. The largest absolute Gasteiger partial charge is 0.480 e. The van der Waals surface area contributed by atoms with Crippen LogP contribution >= 0.6 is 0 Å². The molecule has 6 heteroatoms. The van der Waals surface area contributed by atoms with Gasteiger partial charge in [0.05, 0.1) is 12.2 Å². The van der Waals surface area contributed by atoms with Gasteiger partial charge in [0.15, 0.2) is 6.04 Å². The van der Waals surface area contributed by atoms with Gasteiger partial charge in [-0.25, -0.2) is 9.59 Å². The number of nitrogens with zero attached hydrogens (tertiary/aromatic N) is 1. The van der Waals surface area contributed by atoms with E-state index < -0.39 is 23.7 Å². The van der Waals surface area contributed by atoms with Crippen LogP contribution in [0.25, 0.3) is 0 Å². The molecule has 0 radical (unpaired) electrons. The first kappa shape index (κ1) is 15.8. The maximum Gasteiger partial charge on any atom is 0.411 e. The van der Waals surface area contributed by atoms with Crippen LogP contribution in [0.4, 0.5) is 4.79 Å². The molecule has 2 aliphatic rings. The molecule has 1 N–H and O–H groups in total. The van der Waals surface area contributed by atoms with Gasteiger partial charge in [-0.15, -0.1) is 0 Å². The monoisotopic (exact) mass is 319 g/mol. The van der Waals surface area contributed by atoms with E-state index in [0.717, 1.165) is 18.4 Å². The molecule has 1 aromatic rings. The maximum absolute atomic E-state index is 12.4. The van der Waals surface area contributed by atoms with E-state index in [2.05, 4.69) is 0 Å². The standard InChI is InChI=1S/C17H21NO5/c19-15(20)14-17(8-4-5-9-17)23-11-10-18(14)16(21)22-12-13-6-2-1-3-7-13/h1-3,6-7,14H,4-5,8-12H2,(H,19,20). The predicted octanol–water partition coefficient (Wildman–Crippen LogP) is 2.42. The smallest absolute Gasteiger partial charge is 0.411 e. The second-order valence-electron chi connectivity index (χ2n) is 6.09. The van der Waals surface area contributed by atoms with Crippen LogP contribution in [0.15, 0.2) is 30.3 Å². The van der Waals surface area contributed by atoms with Gasteiger partial charge in [0.25, 0.3) is 0 Å². The first-order valence-electron chi connectivity index (χ1n) is 7.96. The Morgan fingerprint density at radius 1 is 1.26 bits per heavy atom. The summed E-state index contributed by atoms with van der Waals surface area (Å²) in [6.45, 7) is 0.729. The van der Waals surface area contributed by atoms with Crippen LogP contribution in [0, 0.1) is 0 Å². The van der Waals surface area contributed by atoms with Crippen molar-refractivity contribution < 1.29 is 24.2 Å². The van der Waals surface area contributed by atoms with Gasteiger partial charge in [0.2, 0.25) is 0 Å². The lowest BCUT2D eigenvalue weighted by Crippen LogP contribution is -2.63. The number of hydrogen-bond acceptors (Lipinski definition) is 4. The second kappa shape index (κ2) is 6.58. The van der Waals surface area contributed by atoms with Crippen LogP contribution in [0.2, 0.25) is 0 Å². The zero-order valence-electron chi connectivity index (χ0n) is 12.9. The number of amides is 1. The van der Waals surface area contributed by atoms with Crippen molar-refractivity contribution in [3.8, 4) is 0 Å². The highest BCUT2D eigenvalue weighted by Crippen LogP contribution is 2.40. The zero-order valence-corrected chi connectivity index (χ0v) is 12.9. The Hall–Kier alpha value is -2.08. The summed E-state index contributed by atoms with van der Waals surface area (Å²) in [5.41, 5.74) is 0.118. The van der Waals surface area contributed by atoms with Crippen molar-refractivity contribution in [3.63, 3.8) is 0 Å². The third-order valence-electron chi connectivity index (χ3n) is 4.66. The van der Waals surface area contributed by atoms with Gasteiger partial charge in [0, 0.05) is 6.54 Å². The molecular formula is C17H21NO5. The summed E-state index contributed by atoms with van der Waals surface area (Å²) in [6, 6.07) is 8.37. The molecule has 6 nitrogen and oxygen atoms in total. The Morgan fingerprint density at radius 2 is 1.96 bits per heavy atom. The van der Waals surface area contributed by atoms with Gasteiger partial charge in [-0.2, -0.15) is 0 Å². The minimum Gasteiger partial charge on any atom is -0.480 e. The molecule has 3 rings (SSSR count). The Labute approximate surface area is 135 Å². The first-order valence-corrected chi connectivity index (χ1v) is 7.96. The Morgan fingerprint density at radius 3 is 2.61 bits per heavy atom. The first-order chi connectivity index (χ1) is 11.1. The van der Waals surface area contributed by atoms with Crippen LogP contribution in [0.5, 0.6) is 0 Å². The van der Waals surface area contributed by atoms with Gasteiger partial charge in [-0.1, -0.05) is 43.2 Å². The molecule has 0 aromatic heterocycles. The number of carbonyl (C=O) groups is 2. The predicted molar refractivity (Wildman–Crippen MR) is 81.9 cm³/mol. The molecule has 1 aromatic carbocycles. The highest BCUT2D eigenvalue weighted by atomic mass is 16.6. The van der Waals surface area contributed by atoms with E-state index in [0.29, 0.717) is 19.4 Å². The SMILES string of the molecule is O=C(O)C1N(C(=O)OCc2ccccc2)CCOC12CCCC2. The van der Waals surface area contributed by atoms with Crippen molar-refractivity contribution >= 4 is 12.1 Å². The number of carboxylic acid groups (broad SMARTS) is 1. The van der Waals surface area contributed by atoms with Gasteiger partial charge in [0.1, 0.15) is 6.61 Å². The van der Waals surface area contributed by atoms with E-state index >= 15 is 0 Å². The molecule has 1 aliphatic carbocycles. The van der Waals surface area contributed by atoms with Gasteiger partial charge >= 0.3 is 12.1 Å². The molecule has 1 heterocycles. The number of benzene rings is 1. The fraction of sp³-hybridized carbons (Fsp3) is 0.529. The van der Waals surface area contributed by atoms with Crippen molar-refractivity contribution in [1.82, 2.24) is 4.90 Å². The number of aliphatic carboxylic acids is 1. The lowest BCUT2D eigenvalue weighted by atomic mass is 9.89. The minimum atomic E-state index is -1.02. The average molecular weight is 319 g/mol. The van der Waals surface area contributed by atoms with E-state index in [-0.39, 0.29) is 13.2 Å². The summed E-state index contributed by atoms with van der Waals surface area (Å²) in [6.07, 6.45) is 2.61. The molecule has 1 saturated heterocycles. The van der Waals surface area contributed by atoms with Crippen LogP contribution < -0.4 is 0 Å². The lowest BCUT2D eigenvalue weighted by molar-refractivity contribution is -0.174. The van der Waals surface area contributed by atoms with Crippen LogP contribution in [0.3, 0.4) is 0 Å². The number of carboxylic acids is 1. The molecule has 2 fully saturated rings. The molecule has 1 unspecified atom stereocenters. The van der Waals surface area contributed by atoms with Crippen molar-refractivity contribution in [2.24, 2.45) is 0 Å². The minimum absolute atomic E-state index is 0.135. The molecule has 1 aliphatic heterocycles. The van der Waals surface area contributed by atoms with Crippen LogP contribution in [-0.4, -0.2) is 46.9 Å². The van der Waals surface area contributed by atoms with E-state index in [4.69, 9.17) is 9.47 Å². The highest BCUT2D eigenvalue weighted by Gasteiger charge is 2.53. The number of carbonyl (C=O) groups excluding carboxylic acids is 1. The Bertz CT molecular complexity index is 568. The topological polar surface area (TPSA) is 76.1 Å². The van der Waals surface area contributed by atoms with E-state index in [1.807, 2.05) is 30.3 Å². The van der Waals surface area contributed by atoms with Crippen molar-refractivity contribution in [2.75, 3.05) is 13.2 Å². The fourth-order valence-electron chi connectivity index (χ4n) is 3.59. The van der Waals surface area contributed by atoms with Gasteiger partial charge in [-0.3, -0.25) is 4.90 Å². The number of rotatable bonds is 3. The number of hydrogen-bond donors (Lipinski definition) is 1. The fourth-order valence-corrected chi connectivity index (χ4v) is 3.59. The molecule has 23 heavy (non-hydrogen) atoms. The van der Waals surface area contributed by atoms with Crippen LogP contribution in [0.1, 0.15) is 31.2 Å².